The molecule has 1 aromatic heterocycles. The van der Waals surface area contributed by atoms with Crippen molar-refractivity contribution in [3.8, 4) is 17.2 Å². The van der Waals surface area contributed by atoms with E-state index in [2.05, 4.69) is 6.07 Å². The average molecular weight is 366 g/mol. The van der Waals surface area contributed by atoms with Gasteiger partial charge in [0, 0.05) is 16.0 Å². The number of thiophene rings is 1. The summed E-state index contributed by atoms with van der Waals surface area (Å²) in [5.74, 6) is 0. The van der Waals surface area contributed by atoms with Crippen LogP contribution in [0.4, 0.5) is 0 Å². The first-order valence-electron chi connectivity index (χ1n) is 7.55. The molecule has 6 heteroatoms. The molecule has 0 amide bonds. The Kier molecular flexibility index (Phi) is 4.77. The largest absolute Gasteiger partial charge is 0.223 e. The van der Waals surface area contributed by atoms with E-state index in [1.54, 1.807) is 17.5 Å². The summed E-state index contributed by atoms with van der Waals surface area (Å²) in [5, 5.41) is 11.6. The van der Waals surface area contributed by atoms with Crippen LogP contribution in [0.3, 0.4) is 0 Å². The van der Waals surface area contributed by atoms with Crippen molar-refractivity contribution in [1.29, 1.82) is 5.26 Å². The zero-order valence-corrected chi connectivity index (χ0v) is 14.8. The Balaban J connectivity index is 2.04. The molecule has 0 radical (unpaired) electrons. The number of hydrogen-bond donors (Lipinski definition) is 0. The van der Waals surface area contributed by atoms with Gasteiger partial charge in [-0.1, -0.05) is 43.0 Å². The Morgan fingerprint density at radius 3 is 2.39 bits per heavy atom. The summed E-state index contributed by atoms with van der Waals surface area (Å²) in [6.07, 6.45) is 4.38. The number of hydrogen-bond acceptors (Lipinski definition) is 4. The molecule has 1 saturated carbocycles. The third-order valence-corrected chi connectivity index (χ3v) is 8.35. The Morgan fingerprint density at radius 1 is 1.13 bits per heavy atom. The second kappa shape index (κ2) is 6.64. The molecule has 0 atom stereocenters. The van der Waals surface area contributed by atoms with Crippen molar-refractivity contribution in [1.82, 2.24) is 0 Å². The Morgan fingerprint density at radius 2 is 1.78 bits per heavy atom. The van der Waals surface area contributed by atoms with Crippen molar-refractivity contribution in [3.05, 3.63) is 40.2 Å². The first-order valence-corrected chi connectivity index (χ1v) is 10.4. The summed E-state index contributed by atoms with van der Waals surface area (Å²) in [4.78, 5) is 0. The van der Waals surface area contributed by atoms with Crippen LogP contribution in [0.2, 0.25) is 5.02 Å². The van der Waals surface area contributed by atoms with Gasteiger partial charge in [-0.3, -0.25) is 0 Å². The van der Waals surface area contributed by atoms with E-state index in [9.17, 15) is 13.7 Å². The van der Waals surface area contributed by atoms with E-state index in [1.165, 1.54) is 0 Å². The summed E-state index contributed by atoms with van der Waals surface area (Å²) < 4.78 is 26.0. The summed E-state index contributed by atoms with van der Waals surface area (Å²) in [6, 6.07) is 9.20. The Hall–Kier alpha value is -1.35. The number of nitriles is 1. The van der Waals surface area contributed by atoms with Crippen LogP contribution in [0.15, 0.2) is 33.9 Å². The van der Waals surface area contributed by atoms with Crippen molar-refractivity contribution in [2.75, 3.05) is 0 Å². The van der Waals surface area contributed by atoms with Crippen LogP contribution >= 0.6 is 22.9 Å². The molecule has 0 saturated heterocycles. The zero-order valence-electron chi connectivity index (χ0n) is 12.5. The van der Waals surface area contributed by atoms with Gasteiger partial charge in [0.25, 0.3) is 0 Å². The molecule has 23 heavy (non-hydrogen) atoms. The molecule has 3 rings (SSSR count). The second-order valence-corrected chi connectivity index (χ2v) is 9.47. The van der Waals surface area contributed by atoms with Crippen molar-refractivity contribution in [2.45, 2.75) is 41.6 Å². The van der Waals surface area contributed by atoms with Crippen LogP contribution in [0, 0.1) is 11.3 Å². The smallest absolute Gasteiger partial charge is 0.191 e. The number of benzene rings is 1. The highest BCUT2D eigenvalue weighted by molar-refractivity contribution is 7.94. The number of sulfone groups is 1. The van der Waals surface area contributed by atoms with Gasteiger partial charge in [-0.25, -0.2) is 8.42 Å². The predicted octanol–water partition coefficient (Wildman–Crippen LogP) is 5.05. The molecular formula is C17H16ClNO2S2. The van der Waals surface area contributed by atoms with E-state index in [0.29, 0.717) is 23.4 Å². The Labute approximate surface area is 145 Å². The van der Waals surface area contributed by atoms with Gasteiger partial charge in [0.15, 0.2) is 9.84 Å². The summed E-state index contributed by atoms with van der Waals surface area (Å²) in [5.41, 5.74) is 1.75. The molecule has 3 nitrogen and oxygen atoms in total. The fourth-order valence-corrected chi connectivity index (χ4v) is 6.69. The highest BCUT2D eigenvalue weighted by Crippen LogP contribution is 2.38. The van der Waals surface area contributed by atoms with Crippen LogP contribution in [0.5, 0.6) is 0 Å². The maximum atomic E-state index is 12.9. The third kappa shape index (κ3) is 3.16. The average Bonchev–Trinajstić information content (AvgIpc) is 3.01. The fraction of sp³-hybridized carbons (Fsp3) is 0.353. The quantitative estimate of drug-likeness (QED) is 0.764. The van der Waals surface area contributed by atoms with E-state index in [4.69, 9.17) is 11.6 Å². The van der Waals surface area contributed by atoms with E-state index in [0.717, 1.165) is 36.2 Å². The Bertz CT molecular complexity index is 842. The van der Waals surface area contributed by atoms with Gasteiger partial charge in [-0.2, -0.15) is 5.26 Å². The molecule has 0 bridgehead atoms. The van der Waals surface area contributed by atoms with E-state index >= 15 is 0 Å². The number of rotatable bonds is 3. The van der Waals surface area contributed by atoms with Crippen LogP contribution < -0.4 is 0 Å². The maximum absolute atomic E-state index is 12.9. The fourth-order valence-electron chi connectivity index (χ4n) is 3.02. The standard InChI is InChI=1S/C17H16ClNO2S2/c18-13-8-6-12(7-9-13)16-11-22-17(15(16)10-19)23(20,21)14-4-2-1-3-5-14/h6-9,11,14H,1-5H2. The van der Waals surface area contributed by atoms with Gasteiger partial charge >= 0.3 is 0 Å². The molecule has 0 N–H and O–H groups in total. The first-order chi connectivity index (χ1) is 11.0. The third-order valence-electron chi connectivity index (χ3n) is 4.27. The van der Waals surface area contributed by atoms with Crippen molar-refractivity contribution in [3.63, 3.8) is 0 Å². The molecule has 1 aromatic carbocycles. The molecule has 1 heterocycles. The molecule has 0 unspecified atom stereocenters. The SMILES string of the molecule is N#Cc1c(-c2ccc(Cl)cc2)csc1S(=O)(=O)C1CCCCC1. The number of halogens is 1. The van der Waals surface area contributed by atoms with Gasteiger partial charge in [0.1, 0.15) is 10.3 Å². The number of nitrogens with zero attached hydrogens (tertiary/aromatic N) is 1. The molecule has 120 valence electrons. The second-order valence-electron chi connectivity index (χ2n) is 5.74. The minimum absolute atomic E-state index is 0.219. The lowest BCUT2D eigenvalue weighted by Crippen LogP contribution is -2.24. The van der Waals surface area contributed by atoms with Gasteiger partial charge in [0.2, 0.25) is 0 Å². The predicted molar refractivity (Wildman–Crippen MR) is 93.5 cm³/mol. The monoisotopic (exact) mass is 365 g/mol. The highest BCUT2D eigenvalue weighted by Gasteiger charge is 2.33. The summed E-state index contributed by atoms with van der Waals surface area (Å²) in [6.45, 7) is 0. The van der Waals surface area contributed by atoms with Crippen LogP contribution in [-0.4, -0.2) is 13.7 Å². The van der Waals surface area contributed by atoms with Gasteiger partial charge in [0.05, 0.1) is 10.8 Å². The van der Waals surface area contributed by atoms with Crippen LogP contribution in [0.25, 0.3) is 11.1 Å². The lowest BCUT2D eigenvalue weighted by Gasteiger charge is -2.21. The highest BCUT2D eigenvalue weighted by atomic mass is 35.5. The zero-order chi connectivity index (χ0) is 16.4. The van der Waals surface area contributed by atoms with Crippen molar-refractivity contribution in [2.24, 2.45) is 0 Å². The van der Waals surface area contributed by atoms with Crippen molar-refractivity contribution >= 4 is 32.8 Å². The molecule has 0 aliphatic heterocycles. The molecule has 0 spiro atoms. The topological polar surface area (TPSA) is 57.9 Å². The minimum atomic E-state index is -3.43. The van der Waals surface area contributed by atoms with Crippen LogP contribution in [-0.2, 0) is 9.84 Å². The molecule has 2 aromatic rings. The van der Waals surface area contributed by atoms with E-state index < -0.39 is 9.84 Å². The lowest BCUT2D eigenvalue weighted by molar-refractivity contribution is 0.484. The summed E-state index contributed by atoms with van der Waals surface area (Å²) >= 11 is 7.05. The van der Waals surface area contributed by atoms with Crippen molar-refractivity contribution < 1.29 is 8.42 Å². The lowest BCUT2D eigenvalue weighted by atomic mass is 10.0. The maximum Gasteiger partial charge on any atom is 0.191 e. The molecule has 1 aliphatic carbocycles. The van der Waals surface area contributed by atoms with Crippen LogP contribution in [0.1, 0.15) is 37.7 Å². The molecule has 1 fully saturated rings. The molecule has 1 aliphatic rings. The van der Waals surface area contributed by atoms with Gasteiger partial charge in [-0.15, -0.1) is 11.3 Å². The van der Waals surface area contributed by atoms with Gasteiger partial charge in [-0.05, 0) is 30.5 Å². The summed E-state index contributed by atoms with van der Waals surface area (Å²) in [7, 11) is -3.43. The molecular weight excluding hydrogens is 350 g/mol. The van der Waals surface area contributed by atoms with E-state index in [-0.39, 0.29) is 15.0 Å². The van der Waals surface area contributed by atoms with E-state index in [1.807, 2.05) is 12.1 Å². The first kappa shape index (κ1) is 16.5. The minimum Gasteiger partial charge on any atom is -0.223 e. The normalized spacial score (nSPS) is 16.2. The van der Waals surface area contributed by atoms with Gasteiger partial charge < -0.3 is 0 Å².